The normalized spacial score (nSPS) is 12.0. The Morgan fingerprint density at radius 3 is 1.82 bits per heavy atom. The van der Waals surface area contributed by atoms with Gasteiger partial charge in [0.2, 0.25) is 0 Å². The Labute approximate surface area is 69.9 Å². The lowest BCUT2D eigenvalue weighted by Gasteiger charge is -2.24. The molecule has 11 heavy (non-hydrogen) atoms. The maximum Gasteiger partial charge on any atom is 0.361 e. The number of ether oxygens (including phenoxy) is 1. The van der Waals surface area contributed by atoms with Crippen LogP contribution in [0.15, 0.2) is 0 Å². The van der Waals surface area contributed by atoms with Gasteiger partial charge in [0.25, 0.3) is 0 Å². The largest absolute Gasteiger partial charge is 0.393 e. The fourth-order valence-corrected chi connectivity index (χ4v) is 2.99. The van der Waals surface area contributed by atoms with Crippen molar-refractivity contribution in [3.05, 3.63) is 0 Å². The third-order valence-corrected chi connectivity index (χ3v) is 3.92. The van der Waals surface area contributed by atoms with E-state index < -0.39 is 8.56 Å². The molecule has 0 aliphatic heterocycles. The molecule has 0 fully saturated rings. The molecule has 0 unspecified atom stereocenters. The molecule has 4 heteroatoms. The third-order valence-electron chi connectivity index (χ3n) is 1.31. The molecule has 0 aliphatic carbocycles. The topological polar surface area (TPSA) is 27.7 Å². The predicted molar refractivity (Wildman–Crippen MR) is 46.7 cm³/mol. The molecule has 0 aromatic heterocycles. The smallest absolute Gasteiger partial charge is 0.361 e. The van der Waals surface area contributed by atoms with E-state index in [0.717, 1.165) is 0 Å². The second kappa shape index (κ2) is 5.71. The molecule has 0 aromatic rings. The fourth-order valence-electron chi connectivity index (χ4n) is 0.998. The van der Waals surface area contributed by atoms with Gasteiger partial charge in [-0.1, -0.05) is 0 Å². The zero-order valence-corrected chi connectivity index (χ0v) is 8.85. The van der Waals surface area contributed by atoms with Crippen LogP contribution in [0, 0.1) is 0 Å². The summed E-state index contributed by atoms with van der Waals surface area (Å²) in [7, 11) is -0.302. The van der Waals surface area contributed by atoms with E-state index in [1.165, 1.54) is 0 Å². The average molecular weight is 178 g/mol. The Morgan fingerprint density at radius 2 is 1.55 bits per heavy atom. The Morgan fingerprint density at radius 1 is 1.09 bits per heavy atom. The number of rotatable bonds is 6. The molecule has 0 atom stereocenters. The molecular formula is C7H18O3Si. The summed E-state index contributed by atoms with van der Waals surface area (Å²) in [4.78, 5) is 0. The number of hydrogen-bond donors (Lipinski definition) is 0. The van der Waals surface area contributed by atoms with Crippen LogP contribution in [0.5, 0.6) is 0 Å². The summed E-state index contributed by atoms with van der Waals surface area (Å²) >= 11 is 0. The molecule has 0 rings (SSSR count). The Kier molecular flexibility index (Phi) is 5.76. The Balaban J connectivity index is 3.79. The summed E-state index contributed by atoms with van der Waals surface area (Å²) < 4.78 is 16.0. The van der Waals surface area contributed by atoms with Crippen molar-refractivity contribution in [2.24, 2.45) is 0 Å². The summed E-state index contributed by atoms with van der Waals surface area (Å²) in [6.07, 6.45) is 0.606. The molecule has 0 aromatic carbocycles. The molecule has 3 nitrogen and oxygen atoms in total. The summed E-state index contributed by atoms with van der Waals surface area (Å²) in [6, 6.07) is 0. The van der Waals surface area contributed by atoms with Gasteiger partial charge in [-0.3, -0.25) is 0 Å². The molecule has 0 spiro atoms. The van der Waals surface area contributed by atoms with Crippen molar-refractivity contribution in [3.63, 3.8) is 0 Å². The van der Waals surface area contributed by atoms with Gasteiger partial charge >= 0.3 is 8.56 Å². The van der Waals surface area contributed by atoms with Crippen molar-refractivity contribution < 1.29 is 13.6 Å². The standard InChI is InChI=1S/C7H18O3Si/c1-5-9-11(4,7-8-3)10-6-2/h5-7H2,1-4H3. The minimum Gasteiger partial charge on any atom is -0.393 e. The summed E-state index contributed by atoms with van der Waals surface area (Å²) in [5, 5.41) is 0. The van der Waals surface area contributed by atoms with Crippen molar-refractivity contribution >= 4 is 8.56 Å². The van der Waals surface area contributed by atoms with Crippen LogP contribution in [0.4, 0.5) is 0 Å². The molecule has 0 amide bonds. The maximum absolute atomic E-state index is 5.50. The van der Waals surface area contributed by atoms with Crippen LogP contribution in [0.1, 0.15) is 13.8 Å². The molecule has 0 bridgehead atoms. The van der Waals surface area contributed by atoms with Gasteiger partial charge in [0.05, 0.1) is 6.23 Å². The van der Waals surface area contributed by atoms with E-state index in [1.807, 2.05) is 20.4 Å². The van der Waals surface area contributed by atoms with Crippen molar-refractivity contribution in [2.75, 3.05) is 26.6 Å². The van der Waals surface area contributed by atoms with Gasteiger partial charge in [0.15, 0.2) is 0 Å². The zero-order chi connectivity index (χ0) is 8.74. The highest BCUT2D eigenvalue weighted by Gasteiger charge is 2.30. The second-order valence-electron chi connectivity index (χ2n) is 2.43. The van der Waals surface area contributed by atoms with E-state index in [2.05, 4.69) is 0 Å². The quantitative estimate of drug-likeness (QED) is 0.574. The van der Waals surface area contributed by atoms with Gasteiger partial charge in [-0.2, -0.15) is 0 Å². The molecule has 0 saturated carbocycles. The van der Waals surface area contributed by atoms with Crippen LogP contribution in [0.3, 0.4) is 0 Å². The van der Waals surface area contributed by atoms with E-state index in [4.69, 9.17) is 13.6 Å². The van der Waals surface area contributed by atoms with Crippen LogP contribution in [0.25, 0.3) is 0 Å². The maximum atomic E-state index is 5.50. The van der Waals surface area contributed by atoms with E-state index in [9.17, 15) is 0 Å². The third kappa shape index (κ3) is 4.52. The lowest BCUT2D eigenvalue weighted by Crippen LogP contribution is -2.44. The molecule has 0 N–H and O–H groups in total. The van der Waals surface area contributed by atoms with Gasteiger partial charge < -0.3 is 13.6 Å². The minimum absolute atomic E-state index is 0.606. The minimum atomic E-state index is -1.97. The Hall–Kier alpha value is 0.0969. The van der Waals surface area contributed by atoms with Crippen molar-refractivity contribution in [2.45, 2.75) is 20.4 Å². The second-order valence-corrected chi connectivity index (χ2v) is 5.57. The van der Waals surface area contributed by atoms with Crippen LogP contribution in [-0.2, 0) is 13.6 Å². The summed E-state index contributed by atoms with van der Waals surface area (Å²) in [5.41, 5.74) is 0. The highest BCUT2D eigenvalue weighted by Crippen LogP contribution is 2.06. The van der Waals surface area contributed by atoms with Crippen LogP contribution in [-0.4, -0.2) is 35.1 Å². The van der Waals surface area contributed by atoms with E-state index in [-0.39, 0.29) is 0 Å². The van der Waals surface area contributed by atoms with Gasteiger partial charge in [-0.15, -0.1) is 0 Å². The first-order chi connectivity index (χ1) is 5.18. The summed E-state index contributed by atoms with van der Waals surface area (Å²) in [6.45, 7) is 7.36. The van der Waals surface area contributed by atoms with E-state index in [1.54, 1.807) is 7.11 Å². The predicted octanol–water partition coefficient (Wildman–Crippen LogP) is 1.32. The molecule has 0 aliphatic rings. The van der Waals surface area contributed by atoms with E-state index in [0.29, 0.717) is 19.4 Å². The fraction of sp³-hybridized carbons (Fsp3) is 1.00. The molecular weight excluding hydrogens is 160 g/mol. The van der Waals surface area contributed by atoms with Gasteiger partial charge in [-0.25, -0.2) is 0 Å². The SMILES string of the molecule is CCO[Si](C)(COC)OCC. The van der Waals surface area contributed by atoms with E-state index >= 15 is 0 Å². The first-order valence-electron chi connectivity index (χ1n) is 3.95. The van der Waals surface area contributed by atoms with Gasteiger partial charge in [0.1, 0.15) is 0 Å². The monoisotopic (exact) mass is 178 g/mol. The molecule has 0 heterocycles. The van der Waals surface area contributed by atoms with Gasteiger partial charge in [0, 0.05) is 20.3 Å². The van der Waals surface area contributed by atoms with Crippen LogP contribution < -0.4 is 0 Å². The first kappa shape index (κ1) is 11.1. The Bertz CT molecular complexity index is 80.7. The van der Waals surface area contributed by atoms with Crippen molar-refractivity contribution in [1.29, 1.82) is 0 Å². The summed E-state index contributed by atoms with van der Waals surface area (Å²) in [5.74, 6) is 0. The molecule has 68 valence electrons. The van der Waals surface area contributed by atoms with Crippen molar-refractivity contribution in [3.8, 4) is 0 Å². The molecule has 0 radical (unpaired) electrons. The van der Waals surface area contributed by atoms with Crippen molar-refractivity contribution in [1.82, 2.24) is 0 Å². The lowest BCUT2D eigenvalue weighted by molar-refractivity contribution is 0.137. The van der Waals surface area contributed by atoms with Crippen LogP contribution in [0.2, 0.25) is 6.55 Å². The van der Waals surface area contributed by atoms with Crippen LogP contribution >= 0.6 is 0 Å². The zero-order valence-electron chi connectivity index (χ0n) is 7.85. The highest BCUT2D eigenvalue weighted by molar-refractivity contribution is 6.65. The molecule has 0 saturated heterocycles. The van der Waals surface area contributed by atoms with Gasteiger partial charge in [-0.05, 0) is 20.4 Å². The number of hydrogen-bond acceptors (Lipinski definition) is 3. The first-order valence-corrected chi connectivity index (χ1v) is 6.47. The highest BCUT2D eigenvalue weighted by atomic mass is 28.4. The lowest BCUT2D eigenvalue weighted by atomic mass is 10.9. The average Bonchev–Trinajstić information content (AvgIpc) is 1.88. The number of methoxy groups -OCH3 is 1.